The molecule has 1 saturated heterocycles. The van der Waals surface area contributed by atoms with Gasteiger partial charge in [0.2, 0.25) is 5.91 Å². The molecule has 3 rings (SSSR count). The van der Waals surface area contributed by atoms with Crippen LogP contribution in [0.1, 0.15) is 65.2 Å². The summed E-state index contributed by atoms with van der Waals surface area (Å²) >= 11 is 0. The quantitative estimate of drug-likeness (QED) is 0.790. The van der Waals surface area contributed by atoms with Crippen LogP contribution in [0.3, 0.4) is 0 Å². The largest absolute Gasteiger partial charge is 0.378 e. The van der Waals surface area contributed by atoms with E-state index in [1.54, 1.807) is 0 Å². The highest BCUT2D eigenvalue weighted by molar-refractivity contribution is 5.76. The van der Waals surface area contributed by atoms with Gasteiger partial charge in [0.05, 0.1) is 6.10 Å². The Kier molecular flexibility index (Phi) is 5.63. The third kappa shape index (κ3) is 3.58. The highest BCUT2D eigenvalue weighted by Gasteiger charge is 2.57. The van der Waals surface area contributed by atoms with Crippen molar-refractivity contribution in [2.75, 3.05) is 19.7 Å². The molecule has 0 aromatic rings. The van der Waals surface area contributed by atoms with E-state index in [2.05, 4.69) is 24.5 Å². The molecule has 0 aromatic heterocycles. The summed E-state index contributed by atoms with van der Waals surface area (Å²) in [7, 11) is 0. The normalized spacial score (nSPS) is 34.1. The Morgan fingerprint density at radius 3 is 2.78 bits per heavy atom. The van der Waals surface area contributed by atoms with E-state index in [-0.39, 0.29) is 11.3 Å². The van der Waals surface area contributed by atoms with Crippen LogP contribution in [0.4, 0.5) is 0 Å². The van der Waals surface area contributed by atoms with E-state index in [1.807, 2.05) is 0 Å². The van der Waals surface area contributed by atoms with Crippen LogP contribution < -0.4 is 10.6 Å². The monoisotopic (exact) mass is 322 g/mol. The summed E-state index contributed by atoms with van der Waals surface area (Å²) in [6.07, 6.45) is 9.62. The van der Waals surface area contributed by atoms with Gasteiger partial charge in [-0.3, -0.25) is 4.79 Å². The Morgan fingerprint density at radius 1 is 1.35 bits per heavy atom. The van der Waals surface area contributed by atoms with E-state index in [4.69, 9.17) is 4.74 Å². The number of hydrogen-bond donors (Lipinski definition) is 2. The molecule has 4 heteroatoms. The van der Waals surface area contributed by atoms with Crippen LogP contribution in [0.2, 0.25) is 0 Å². The number of hydrogen-bond acceptors (Lipinski definition) is 3. The summed E-state index contributed by atoms with van der Waals surface area (Å²) < 4.78 is 5.94. The molecule has 4 nitrogen and oxygen atoms in total. The first-order valence-electron chi connectivity index (χ1n) is 9.77. The average molecular weight is 322 g/mol. The molecule has 1 aliphatic heterocycles. The highest BCUT2D eigenvalue weighted by atomic mass is 16.5. The third-order valence-electron chi connectivity index (χ3n) is 6.67. The first-order valence-corrected chi connectivity index (χ1v) is 9.77. The Hall–Kier alpha value is -0.610. The Morgan fingerprint density at radius 2 is 2.13 bits per heavy atom. The van der Waals surface area contributed by atoms with Crippen LogP contribution >= 0.6 is 0 Å². The lowest BCUT2D eigenvalue weighted by atomic mass is 9.60. The summed E-state index contributed by atoms with van der Waals surface area (Å²) in [4.78, 5) is 12.5. The second-order valence-corrected chi connectivity index (χ2v) is 8.03. The molecule has 132 valence electrons. The first kappa shape index (κ1) is 17.2. The van der Waals surface area contributed by atoms with E-state index in [0.717, 1.165) is 26.1 Å². The third-order valence-corrected chi connectivity index (χ3v) is 6.67. The zero-order valence-electron chi connectivity index (χ0n) is 14.9. The summed E-state index contributed by atoms with van der Waals surface area (Å²) in [5, 5.41) is 6.83. The molecule has 4 unspecified atom stereocenters. The fourth-order valence-corrected chi connectivity index (χ4v) is 5.17. The van der Waals surface area contributed by atoms with Gasteiger partial charge in [0, 0.05) is 24.5 Å². The van der Waals surface area contributed by atoms with Crippen LogP contribution in [0.5, 0.6) is 0 Å². The maximum absolute atomic E-state index is 12.5. The maximum atomic E-state index is 12.5. The molecule has 1 amide bonds. The Balaban J connectivity index is 1.49. The van der Waals surface area contributed by atoms with E-state index in [1.165, 1.54) is 38.5 Å². The fourth-order valence-electron chi connectivity index (χ4n) is 5.17. The predicted molar refractivity (Wildman–Crippen MR) is 92.2 cm³/mol. The number of amides is 1. The standard InChI is InChI=1S/C19H34N2O2/c1-3-23-17-12-16(19(17)8-4-5-9-19)21-18(22)11-14(2)15-7-6-10-20-13-15/h14-17,20H,3-13H2,1-2H3,(H,21,22). The zero-order chi connectivity index (χ0) is 16.3. The van der Waals surface area contributed by atoms with Gasteiger partial charge in [-0.15, -0.1) is 0 Å². The van der Waals surface area contributed by atoms with Crippen molar-refractivity contribution < 1.29 is 9.53 Å². The van der Waals surface area contributed by atoms with Gasteiger partial charge in [-0.2, -0.15) is 0 Å². The number of carbonyl (C=O) groups is 1. The lowest BCUT2D eigenvalue weighted by molar-refractivity contribution is -0.144. The van der Waals surface area contributed by atoms with Crippen molar-refractivity contribution in [2.45, 2.75) is 77.4 Å². The molecule has 2 aliphatic carbocycles. The molecular formula is C19H34N2O2. The highest BCUT2D eigenvalue weighted by Crippen LogP contribution is 2.54. The average Bonchev–Trinajstić information content (AvgIpc) is 3.07. The van der Waals surface area contributed by atoms with Gasteiger partial charge in [-0.1, -0.05) is 19.8 Å². The molecule has 2 saturated carbocycles. The van der Waals surface area contributed by atoms with Crippen molar-refractivity contribution in [2.24, 2.45) is 17.3 Å². The second-order valence-electron chi connectivity index (χ2n) is 8.03. The minimum Gasteiger partial charge on any atom is -0.378 e. The predicted octanol–water partition coefficient (Wildman–Crippen LogP) is 2.87. The Bertz CT molecular complexity index is 400. The molecule has 4 atom stereocenters. The molecule has 2 N–H and O–H groups in total. The van der Waals surface area contributed by atoms with E-state index >= 15 is 0 Å². The van der Waals surface area contributed by atoms with Crippen LogP contribution in [-0.2, 0) is 9.53 Å². The van der Waals surface area contributed by atoms with Crippen molar-refractivity contribution in [3.63, 3.8) is 0 Å². The van der Waals surface area contributed by atoms with Gasteiger partial charge in [0.1, 0.15) is 0 Å². The maximum Gasteiger partial charge on any atom is 0.220 e. The van der Waals surface area contributed by atoms with Crippen molar-refractivity contribution in [1.82, 2.24) is 10.6 Å². The van der Waals surface area contributed by atoms with Crippen LogP contribution in [-0.4, -0.2) is 37.7 Å². The molecule has 3 aliphatic rings. The van der Waals surface area contributed by atoms with Crippen LogP contribution in [0, 0.1) is 17.3 Å². The number of rotatable bonds is 6. The lowest BCUT2D eigenvalue weighted by Crippen LogP contribution is -2.63. The van der Waals surface area contributed by atoms with Crippen molar-refractivity contribution >= 4 is 5.91 Å². The fraction of sp³-hybridized carbons (Fsp3) is 0.947. The van der Waals surface area contributed by atoms with Crippen LogP contribution in [0.25, 0.3) is 0 Å². The second kappa shape index (κ2) is 7.52. The summed E-state index contributed by atoms with van der Waals surface area (Å²) in [6, 6.07) is 0.353. The minimum absolute atomic E-state index is 0.251. The first-order chi connectivity index (χ1) is 11.2. The topological polar surface area (TPSA) is 50.4 Å². The van der Waals surface area contributed by atoms with E-state index < -0.39 is 0 Å². The van der Waals surface area contributed by atoms with Gasteiger partial charge in [-0.05, 0) is 64.0 Å². The van der Waals surface area contributed by atoms with Gasteiger partial charge >= 0.3 is 0 Å². The van der Waals surface area contributed by atoms with Crippen molar-refractivity contribution in [3.8, 4) is 0 Å². The number of piperidine rings is 1. The Labute approximate surface area is 141 Å². The number of ether oxygens (including phenoxy) is 1. The van der Waals surface area contributed by atoms with Gasteiger partial charge in [-0.25, -0.2) is 0 Å². The summed E-state index contributed by atoms with van der Waals surface area (Å²) in [5.74, 6) is 1.40. The van der Waals surface area contributed by atoms with E-state index in [9.17, 15) is 4.79 Å². The summed E-state index contributed by atoms with van der Waals surface area (Å²) in [5.41, 5.74) is 0.251. The molecule has 23 heavy (non-hydrogen) atoms. The molecule has 0 bridgehead atoms. The number of nitrogens with one attached hydrogen (secondary N) is 2. The minimum atomic E-state index is 0.251. The molecule has 3 fully saturated rings. The van der Waals surface area contributed by atoms with Gasteiger partial charge in [0.15, 0.2) is 0 Å². The lowest BCUT2D eigenvalue weighted by Gasteiger charge is -2.54. The van der Waals surface area contributed by atoms with Crippen molar-refractivity contribution in [1.29, 1.82) is 0 Å². The molecule has 0 radical (unpaired) electrons. The van der Waals surface area contributed by atoms with Gasteiger partial charge < -0.3 is 15.4 Å². The number of carbonyl (C=O) groups excluding carboxylic acids is 1. The summed E-state index contributed by atoms with van der Waals surface area (Å²) in [6.45, 7) is 7.33. The zero-order valence-corrected chi connectivity index (χ0v) is 14.9. The van der Waals surface area contributed by atoms with Gasteiger partial charge in [0.25, 0.3) is 0 Å². The molecular weight excluding hydrogens is 288 g/mol. The SMILES string of the molecule is CCOC1CC(NC(=O)CC(C)C2CCCNC2)C12CCCC2. The molecule has 1 heterocycles. The van der Waals surface area contributed by atoms with Crippen molar-refractivity contribution in [3.05, 3.63) is 0 Å². The smallest absolute Gasteiger partial charge is 0.220 e. The van der Waals surface area contributed by atoms with Crippen LogP contribution in [0.15, 0.2) is 0 Å². The molecule has 0 aromatic carbocycles. The van der Waals surface area contributed by atoms with E-state index in [0.29, 0.717) is 30.4 Å². The molecule has 1 spiro atoms.